The lowest BCUT2D eigenvalue weighted by Crippen LogP contribution is -2.62. The van der Waals surface area contributed by atoms with Gasteiger partial charge < -0.3 is 23.7 Å². The highest BCUT2D eigenvalue weighted by Gasteiger charge is 2.53. The summed E-state index contributed by atoms with van der Waals surface area (Å²) in [5, 5.41) is 8.06. The predicted molar refractivity (Wildman–Crippen MR) is 150 cm³/mol. The molecule has 1 saturated heterocycles. The molecule has 1 heterocycles. The lowest BCUT2D eigenvalue weighted by molar-refractivity contribution is -0.270. The van der Waals surface area contributed by atoms with Gasteiger partial charge in [-0.1, -0.05) is 89.4 Å². The number of benzene rings is 3. The topological polar surface area (TPSA) is 121 Å². The second kappa shape index (κ2) is 13.4. The number of halogens is 3. The van der Waals surface area contributed by atoms with Crippen molar-refractivity contribution in [3.8, 4) is 0 Å². The van der Waals surface area contributed by atoms with Gasteiger partial charge in [0.25, 0.3) is 3.79 Å². The van der Waals surface area contributed by atoms with Crippen molar-refractivity contribution in [2.75, 3.05) is 0 Å². The standard InChI is InChI=1S/C29H24Cl3NO8/c1-17-21(38-24(34)18-11-5-2-6-12-18)22(39-25(35)19-13-7-3-8-14-19)23(27(37-17)41-28(33)29(30,31)32)40-26(36)20-15-9-4-10-16-20/h2-17,21-23,27,33H,1H3/t17-,21?,22?,23-,27?/m0/s1. The van der Waals surface area contributed by atoms with E-state index in [4.69, 9.17) is 63.9 Å². The zero-order chi connectivity index (χ0) is 29.6. The molecule has 0 bridgehead atoms. The minimum atomic E-state index is -2.28. The van der Waals surface area contributed by atoms with Crippen LogP contribution in [0.3, 0.4) is 0 Å². The van der Waals surface area contributed by atoms with Gasteiger partial charge in [-0.05, 0) is 43.3 Å². The first-order valence-electron chi connectivity index (χ1n) is 12.3. The molecule has 1 aliphatic rings. The van der Waals surface area contributed by atoms with Crippen molar-refractivity contribution in [3.63, 3.8) is 0 Å². The average Bonchev–Trinajstić information content (AvgIpc) is 2.97. The molecule has 0 aromatic heterocycles. The Hall–Kier alpha value is -3.63. The van der Waals surface area contributed by atoms with E-state index in [2.05, 4.69) is 0 Å². The Labute approximate surface area is 250 Å². The summed E-state index contributed by atoms with van der Waals surface area (Å²) in [7, 11) is 0. The van der Waals surface area contributed by atoms with Crippen molar-refractivity contribution in [2.45, 2.75) is 41.4 Å². The number of hydrogen-bond donors (Lipinski definition) is 1. The zero-order valence-electron chi connectivity index (χ0n) is 21.4. The van der Waals surface area contributed by atoms with Crippen LogP contribution in [0, 0.1) is 5.41 Å². The number of carbonyl (C=O) groups is 3. The fraction of sp³-hybridized carbons (Fsp3) is 0.241. The van der Waals surface area contributed by atoms with Crippen LogP contribution >= 0.6 is 34.8 Å². The van der Waals surface area contributed by atoms with Crippen LogP contribution in [-0.2, 0) is 23.7 Å². The van der Waals surface area contributed by atoms with Crippen LogP contribution < -0.4 is 0 Å². The summed E-state index contributed by atoms with van der Waals surface area (Å²) in [5.74, 6) is -3.22. The number of hydrogen-bond acceptors (Lipinski definition) is 9. The van der Waals surface area contributed by atoms with E-state index < -0.39 is 58.3 Å². The molecule has 1 fully saturated rings. The summed E-state index contributed by atoms with van der Waals surface area (Å²) in [6.45, 7) is 1.52. The van der Waals surface area contributed by atoms with E-state index >= 15 is 0 Å². The molecule has 1 aliphatic heterocycles. The molecule has 3 unspecified atom stereocenters. The molecule has 3 aromatic carbocycles. The van der Waals surface area contributed by atoms with Crippen LogP contribution in [0.5, 0.6) is 0 Å². The maximum Gasteiger partial charge on any atom is 0.338 e. The lowest BCUT2D eigenvalue weighted by Gasteiger charge is -2.43. The van der Waals surface area contributed by atoms with Gasteiger partial charge >= 0.3 is 17.9 Å². The number of rotatable bonds is 7. The molecule has 0 amide bonds. The van der Waals surface area contributed by atoms with Crippen molar-refractivity contribution < 1.29 is 38.1 Å². The molecule has 3 aromatic rings. The third-order valence-corrected chi connectivity index (χ3v) is 6.49. The molecule has 4 rings (SSSR count). The highest BCUT2D eigenvalue weighted by Crippen LogP contribution is 2.34. The Balaban J connectivity index is 1.73. The fourth-order valence-electron chi connectivity index (χ4n) is 3.97. The number of nitrogens with one attached hydrogen (secondary N) is 1. The predicted octanol–water partition coefficient (Wildman–Crippen LogP) is 5.77. The van der Waals surface area contributed by atoms with Crippen molar-refractivity contribution in [1.29, 1.82) is 5.41 Å². The van der Waals surface area contributed by atoms with Gasteiger partial charge in [-0.25, -0.2) is 14.4 Å². The highest BCUT2D eigenvalue weighted by molar-refractivity contribution is 6.76. The van der Waals surface area contributed by atoms with Gasteiger partial charge in [0, 0.05) is 0 Å². The maximum atomic E-state index is 13.2. The first kappa shape index (κ1) is 30.3. The van der Waals surface area contributed by atoms with Gasteiger partial charge in [-0.15, -0.1) is 0 Å². The van der Waals surface area contributed by atoms with E-state index in [0.29, 0.717) is 0 Å². The van der Waals surface area contributed by atoms with Gasteiger partial charge in [0.15, 0.2) is 12.2 Å². The molecule has 0 spiro atoms. The van der Waals surface area contributed by atoms with Crippen molar-refractivity contribution in [2.24, 2.45) is 0 Å². The van der Waals surface area contributed by atoms with E-state index in [0.717, 1.165) is 0 Å². The number of carbonyl (C=O) groups excluding carboxylic acids is 3. The molecule has 12 heteroatoms. The zero-order valence-corrected chi connectivity index (χ0v) is 23.7. The van der Waals surface area contributed by atoms with Crippen LogP contribution in [-0.4, -0.2) is 58.3 Å². The van der Waals surface area contributed by atoms with Gasteiger partial charge in [0.05, 0.1) is 22.8 Å². The molecule has 9 nitrogen and oxygen atoms in total. The molecule has 1 N–H and O–H groups in total. The first-order valence-corrected chi connectivity index (χ1v) is 13.4. The molecular weight excluding hydrogens is 597 g/mol. The minimum Gasteiger partial charge on any atom is -0.452 e. The van der Waals surface area contributed by atoms with Crippen molar-refractivity contribution >= 4 is 58.6 Å². The third-order valence-electron chi connectivity index (χ3n) is 5.98. The van der Waals surface area contributed by atoms with Crippen LogP contribution in [0.4, 0.5) is 0 Å². The van der Waals surface area contributed by atoms with Crippen molar-refractivity contribution in [3.05, 3.63) is 108 Å². The van der Waals surface area contributed by atoms with Gasteiger partial charge in [0.1, 0.15) is 0 Å². The van der Waals surface area contributed by atoms with E-state index in [1.165, 1.54) is 31.2 Å². The molecule has 0 radical (unpaired) electrons. The molecular formula is C29H24Cl3NO8. The summed E-state index contributed by atoms with van der Waals surface area (Å²) >= 11 is 17.5. The highest BCUT2D eigenvalue weighted by atomic mass is 35.6. The lowest BCUT2D eigenvalue weighted by atomic mass is 9.98. The molecule has 5 atom stereocenters. The van der Waals surface area contributed by atoms with Crippen molar-refractivity contribution in [1.82, 2.24) is 0 Å². The molecule has 214 valence electrons. The number of alkyl halides is 3. The Kier molecular flexibility index (Phi) is 9.88. The minimum absolute atomic E-state index is 0.160. The number of esters is 3. The van der Waals surface area contributed by atoms with Crippen LogP contribution in [0.15, 0.2) is 91.0 Å². The average molecular weight is 621 g/mol. The first-order chi connectivity index (χ1) is 19.5. The Morgan fingerprint density at radius 3 is 1.39 bits per heavy atom. The van der Waals surface area contributed by atoms with E-state index in [1.54, 1.807) is 66.7 Å². The Morgan fingerprint density at radius 2 is 1.00 bits per heavy atom. The van der Waals surface area contributed by atoms with Gasteiger partial charge in [-0.2, -0.15) is 0 Å². The quantitative estimate of drug-likeness (QED) is 0.116. The largest absolute Gasteiger partial charge is 0.452 e. The van der Waals surface area contributed by atoms with E-state index in [1.807, 2.05) is 0 Å². The van der Waals surface area contributed by atoms with Crippen LogP contribution in [0.25, 0.3) is 0 Å². The van der Waals surface area contributed by atoms with E-state index in [-0.39, 0.29) is 16.7 Å². The normalized spacial score (nSPS) is 22.2. The summed E-state index contributed by atoms with van der Waals surface area (Å²) in [4.78, 5) is 39.4. The van der Waals surface area contributed by atoms with E-state index in [9.17, 15) is 14.4 Å². The second-order valence-corrected chi connectivity index (χ2v) is 11.1. The Morgan fingerprint density at radius 1 is 0.634 bits per heavy atom. The SMILES string of the molecule is C[C@@H]1OC(OC(=N)C(Cl)(Cl)Cl)[C@@H](OC(=O)c2ccccc2)C(OC(=O)c2ccccc2)C1OC(=O)c1ccccc1. The number of ether oxygens (including phenoxy) is 5. The van der Waals surface area contributed by atoms with Gasteiger partial charge in [0.2, 0.25) is 18.3 Å². The summed E-state index contributed by atoms with van der Waals surface area (Å²) in [6.07, 6.45) is -6.93. The smallest absolute Gasteiger partial charge is 0.338 e. The maximum absolute atomic E-state index is 13.2. The molecule has 41 heavy (non-hydrogen) atoms. The summed E-state index contributed by atoms with van der Waals surface area (Å²) in [5.41, 5.74) is 0.564. The molecule has 0 saturated carbocycles. The fourth-order valence-corrected chi connectivity index (χ4v) is 4.10. The van der Waals surface area contributed by atoms with Gasteiger partial charge in [-0.3, -0.25) is 5.41 Å². The Bertz CT molecular complexity index is 1370. The molecule has 0 aliphatic carbocycles. The summed E-state index contributed by atoms with van der Waals surface area (Å²) in [6, 6.07) is 24.1. The monoisotopic (exact) mass is 619 g/mol. The second-order valence-electron chi connectivity index (χ2n) is 8.86. The summed E-state index contributed by atoms with van der Waals surface area (Å²) < 4.78 is 26.4. The third kappa shape index (κ3) is 7.77. The van der Waals surface area contributed by atoms with Crippen LogP contribution in [0.1, 0.15) is 38.0 Å². The van der Waals surface area contributed by atoms with Crippen LogP contribution in [0.2, 0.25) is 0 Å².